The molecule has 2 nitrogen and oxygen atoms in total. The van der Waals surface area contributed by atoms with Crippen molar-refractivity contribution in [3.8, 4) is 0 Å². The number of hydrogen-bond donors (Lipinski definition) is 1. The molecule has 21 heavy (non-hydrogen) atoms. The normalized spacial score (nSPS) is 18.5. The highest BCUT2D eigenvalue weighted by Gasteiger charge is 2.20. The van der Waals surface area contributed by atoms with Gasteiger partial charge in [0.05, 0.1) is 0 Å². The van der Waals surface area contributed by atoms with Gasteiger partial charge in [0, 0.05) is 23.7 Å². The largest absolute Gasteiger partial charge is 0.307 e. The lowest BCUT2D eigenvalue weighted by molar-refractivity contribution is 0.208. The Labute approximate surface area is 134 Å². The smallest absolute Gasteiger partial charge is 0.0409 e. The van der Waals surface area contributed by atoms with Gasteiger partial charge in [-0.25, -0.2) is 0 Å². The molecule has 0 saturated carbocycles. The van der Waals surface area contributed by atoms with Crippen LogP contribution < -0.4 is 5.32 Å². The Morgan fingerprint density at radius 3 is 2.71 bits per heavy atom. The second kappa shape index (κ2) is 7.98. The monoisotopic (exact) mass is 306 g/mol. The van der Waals surface area contributed by atoms with Gasteiger partial charge in [-0.05, 0) is 64.4 Å². The molecule has 0 amide bonds. The van der Waals surface area contributed by atoms with E-state index in [1.165, 1.54) is 37.1 Å². The maximum absolute atomic E-state index is 6.07. The Hall–Kier alpha value is -0.830. The maximum atomic E-state index is 6.07. The Morgan fingerprint density at radius 2 is 2.10 bits per heavy atom. The van der Waals surface area contributed by atoms with Gasteiger partial charge in [0.15, 0.2) is 0 Å². The molecular formula is C18H27ClN2. The Morgan fingerprint density at radius 1 is 1.38 bits per heavy atom. The molecule has 116 valence electrons. The van der Waals surface area contributed by atoms with Crippen LogP contribution >= 0.6 is 11.6 Å². The van der Waals surface area contributed by atoms with E-state index in [4.69, 9.17) is 11.6 Å². The highest BCUT2D eigenvalue weighted by molar-refractivity contribution is 6.30. The standard InChI is InChI=1S/C18H27ClN2/c1-14(2)7-10-21-11-8-18(9-12-21)20-15(3)16-5-4-6-17(19)13-16/h4-7,13,15,18,20H,8-12H2,1-3H3. The molecule has 1 aliphatic heterocycles. The van der Waals surface area contributed by atoms with Crippen molar-refractivity contribution in [1.82, 2.24) is 10.2 Å². The zero-order valence-electron chi connectivity index (χ0n) is 13.4. The molecule has 0 bridgehead atoms. The minimum absolute atomic E-state index is 0.359. The fourth-order valence-electron chi connectivity index (χ4n) is 2.82. The lowest BCUT2D eigenvalue weighted by atomic mass is 10.0. The lowest BCUT2D eigenvalue weighted by Crippen LogP contribution is -2.43. The molecule has 1 atom stereocenters. The third kappa shape index (κ3) is 5.46. The van der Waals surface area contributed by atoms with E-state index >= 15 is 0 Å². The van der Waals surface area contributed by atoms with Crippen molar-refractivity contribution in [2.45, 2.75) is 45.7 Å². The molecule has 1 aromatic carbocycles. The van der Waals surface area contributed by atoms with Crippen molar-refractivity contribution in [1.29, 1.82) is 0 Å². The number of piperidine rings is 1. The Kier molecular flexibility index (Phi) is 6.28. The van der Waals surface area contributed by atoms with Crippen molar-refractivity contribution < 1.29 is 0 Å². The average Bonchev–Trinajstić information content (AvgIpc) is 2.46. The molecule has 1 fully saturated rings. The summed E-state index contributed by atoms with van der Waals surface area (Å²) in [5.41, 5.74) is 2.68. The van der Waals surface area contributed by atoms with Gasteiger partial charge >= 0.3 is 0 Å². The van der Waals surface area contributed by atoms with Crippen LogP contribution in [-0.2, 0) is 0 Å². The van der Waals surface area contributed by atoms with Gasteiger partial charge in [0.2, 0.25) is 0 Å². The molecule has 0 aliphatic carbocycles. The first-order valence-electron chi connectivity index (χ1n) is 7.92. The van der Waals surface area contributed by atoms with E-state index in [1.54, 1.807) is 0 Å². The SMILES string of the molecule is CC(C)=CCN1CCC(NC(C)c2cccc(Cl)c2)CC1. The van der Waals surface area contributed by atoms with Crippen molar-refractivity contribution >= 4 is 11.6 Å². The number of allylic oxidation sites excluding steroid dienone is 1. The first-order chi connectivity index (χ1) is 10.0. The third-order valence-corrected chi connectivity index (χ3v) is 4.41. The molecule has 1 heterocycles. The third-order valence-electron chi connectivity index (χ3n) is 4.18. The summed E-state index contributed by atoms with van der Waals surface area (Å²) in [7, 11) is 0. The minimum Gasteiger partial charge on any atom is -0.307 e. The average molecular weight is 307 g/mol. The summed E-state index contributed by atoms with van der Waals surface area (Å²) in [6, 6.07) is 9.13. The van der Waals surface area contributed by atoms with Gasteiger partial charge in [-0.1, -0.05) is 35.4 Å². The predicted octanol–water partition coefficient (Wildman–Crippen LogP) is 4.42. The van der Waals surface area contributed by atoms with Crippen LogP contribution in [0.15, 0.2) is 35.9 Å². The molecule has 1 unspecified atom stereocenters. The molecule has 1 saturated heterocycles. The fourth-order valence-corrected chi connectivity index (χ4v) is 3.02. The molecule has 1 N–H and O–H groups in total. The van der Waals surface area contributed by atoms with Crippen LogP contribution in [0.2, 0.25) is 5.02 Å². The molecule has 0 spiro atoms. The number of benzene rings is 1. The Bertz CT molecular complexity index is 472. The van der Waals surface area contributed by atoms with Crippen LogP contribution in [0.25, 0.3) is 0 Å². The van der Waals surface area contributed by atoms with Crippen molar-refractivity contribution in [2.24, 2.45) is 0 Å². The van der Waals surface area contributed by atoms with Gasteiger partial charge in [0.1, 0.15) is 0 Å². The first kappa shape index (κ1) is 16.5. The van der Waals surface area contributed by atoms with Crippen LogP contribution in [0.1, 0.15) is 45.2 Å². The van der Waals surface area contributed by atoms with Crippen molar-refractivity contribution in [3.63, 3.8) is 0 Å². The summed E-state index contributed by atoms with van der Waals surface area (Å²) in [5.74, 6) is 0. The summed E-state index contributed by atoms with van der Waals surface area (Å²) in [4.78, 5) is 2.54. The number of hydrogen-bond acceptors (Lipinski definition) is 2. The molecule has 0 aromatic heterocycles. The maximum Gasteiger partial charge on any atom is 0.0409 e. The second-order valence-electron chi connectivity index (χ2n) is 6.30. The van der Waals surface area contributed by atoms with E-state index in [0.717, 1.165) is 11.6 Å². The molecule has 1 aromatic rings. The lowest BCUT2D eigenvalue weighted by Gasteiger charge is -2.33. The van der Waals surface area contributed by atoms with E-state index < -0.39 is 0 Å². The Balaban J connectivity index is 1.79. The molecule has 1 aliphatic rings. The van der Waals surface area contributed by atoms with Crippen molar-refractivity contribution in [3.05, 3.63) is 46.5 Å². The number of halogens is 1. The van der Waals surface area contributed by atoms with E-state index in [0.29, 0.717) is 12.1 Å². The van der Waals surface area contributed by atoms with Gasteiger partial charge in [-0.2, -0.15) is 0 Å². The van der Waals surface area contributed by atoms with Gasteiger partial charge in [-0.3, -0.25) is 4.90 Å². The topological polar surface area (TPSA) is 15.3 Å². The summed E-state index contributed by atoms with van der Waals surface area (Å²) in [5, 5.41) is 4.56. The minimum atomic E-state index is 0.359. The van der Waals surface area contributed by atoms with Crippen LogP contribution in [0, 0.1) is 0 Å². The molecule has 2 rings (SSSR count). The number of nitrogens with one attached hydrogen (secondary N) is 1. The van der Waals surface area contributed by atoms with E-state index in [1.807, 2.05) is 12.1 Å². The summed E-state index contributed by atoms with van der Waals surface area (Å²) < 4.78 is 0. The summed E-state index contributed by atoms with van der Waals surface area (Å²) in [6.45, 7) is 10.0. The second-order valence-corrected chi connectivity index (χ2v) is 6.74. The van der Waals surface area contributed by atoms with Crippen LogP contribution in [0.5, 0.6) is 0 Å². The first-order valence-corrected chi connectivity index (χ1v) is 8.29. The predicted molar refractivity (Wildman–Crippen MR) is 91.9 cm³/mol. The summed E-state index contributed by atoms with van der Waals surface area (Å²) >= 11 is 6.07. The van der Waals surface area contributed by atoms with E-state index in [2.05, 4.69) is 49.2 Å². The molecular weight excluding hydrogens is 280 g/mol. The highest BCUT2D eigenvalue weighted by atomic mass is 35.5. The van der Waals surface area contributed by atoms with Crippen LogP contribution in [0.4, 0.5) is 0 Å². The zero-order chi connectivity index (χ0) is 15.2. The van der Waals surface area contributed by atoms with Gasteiger partial charge in [0.25, 0.3) is 0 Å². The summed E-state index contributed by atoms with van der Waals surface area (Å²) in [6.07, 6.45) is 4.77. The molecule has 3 heteroatoms. The number of rotatable bonds is 5. The van der Waals surface area contributed by atoms with E-state index in [-0.39, 0.29) is 0 Å². The number of likely N-dealkylation sites (tertiary alicyclic amines) is 1. The van der Waals surface area contributed by atoms with Crippen molar-refractivity contribution in [2.75, 3.05) is 19.6 Å². The quantitative estimate of drug-likeness (QED) is 0.810. The zero-order valence-corrected chi connectivity index (χ0v) is 14.2. The van der Waals surface area contributed by atoms with Crippen LogP contribution in [-0.4, -0.2) is 30.6 Å². The van der Waals surface area contributed by atoms with Gasteiger partial charge < -0.3 is 5.32 Å². The number of nitrogens with zero attached hydrogens (tertiary/aromatic N) is 1. The molecule has 0 radical (unpaired) electrons. The van der Waals surface area contributed by atoms with Gasteiger partial charge in [-0.15, -0.1) is 0 Å². The highest BCUT2D eigenvalue weighted by Crippen LogP contribution is 2.20. The van der Waals surface area contributed by atoms with E-state index in [9.17, 15) is 0 Å². The van der Waals surface area contributed by atoms with Crippen LogP contribution in [0.3, 0.4) is 0 Å². The fraction of sp³-hybridized carbons (Fsp3) is 0.556.